The van der Waals surface area contributed by atoms with Gasteiger partial charge in [0.05, 0.1) is 22.9 Å². The van der Waals surface area contributed by atoms with E-state index in [-0.39, 0.29) is 23.1 Å². The van der Waals surface area contributed by atoms with Crippen LogP contribution in [0.25, 0.3) is 15.9 Å². The van der Waals surface area contributed by atoms with Crippen LogP contribution in [0.2, 0.25) is 0 Å². The number of amides is 1. The number of rotatable bonds is 7. The Balaban J connectivity index is 1.48. The van der Waals surface area contributed by atoms with E-state index in [9.17, 15) is 14.9 Å². The molecule has 1 aromatic carbocycles. The second-order valence-electron chi connectivity index (χ2n) is 8.44. The summed E-state index contributed by atoms with van der Waals surface area (Å²) in [6.45, 7) is 1.78. The number of thioether (sulfide) groups is 1. The molecule has 0 aliphatic heterocycles. The number of hydrogen-bond donors (Lipinski definition) is 1. The number of thiophene rings is 1. The van der Waals surface area contributed by atoms with Crippen LogP contribution in [0.3, 0.4) is 0 Å². The Labute approximate surface area is 188 Å². The molecule has 2 aromatic heterocycles. The van der Waals surface area contributed by atoms with Crippen molar-refractivity contribution in [2.45, 2.75) is 49.2 Å². The van der Waals surface area contributed by atoms with E-state index >= 15 is 0 Å². The average Bonchev–Trinajstić information content (AvgIpc) is 3.70. The van der Waals surface area contributed by atoms with Crippen molar-refractivity contribution >= 4 is 39.2 Å². The van der Waals surface area contributed by atoms with Crippen molar-refractivity contribution in [1.29, 1.82) is 5.26 Å². The largest absolute Gasteiger partial charge is 0.337 e. The van der Waals surface area contributed by atoms with Gasteiger partial charge in [-0.15, -0.1) is 11.3 Å². The Morgan fingerprint density at radius 3 is 2.71 bits per heavy atom. The summed E-state index contributed by atoms with van der Waals surface area (Å²) in [5, 5.41) is 15.6. The molecule has 0 spiro atoms. The molecule has 1 atom stereocenters. The monoisotopic (exact) mass is 450 g/mol. The summed E-state index contributed by atoms with van der Waals surface area (Å²) in [7, 11) is 0. The molecule has 2 aliphatic rings. The van der Waals surface area contributed by atoms with Crippen LogP contribution in [0.4, 0.5) is 0 Å². The van der Waals surface area contributed by atoms with Crippen LogP contribution in [0.15, 0.2) is 45.7 Å². The minimum atomic E-state index is -0.832. The first-order valence-electron chi connectivity index (χ1n) is 10.4. The average molecular weight is 451 g/mol. The molecule has 2 saturated carbocycles. The van der Waals surface area contributed by atoms with Gasteiger partial charge in [-0.25, -0.2) is 4.98 Å². The van der Waals surface area contributed by atoms with Gasteiger partial charge in [-0.2, -0.15) is 5.26 Å². The Morgan fingerprint density at radius 1 is 1.32 bits per heavy atom. The van der Waals surface area contributed by atoms with Gasteiger partial charge in [0.25, 0.3) is 5.56 Å². The van der Waals surface area contributed by atoms with Gasteiger partial charge < -0.3 is 5.32 Å². The maximum atomic E-state index is 13.6. The van der Waals surface area contributed by atoms with E-state index in [1.165, 1.54) is 23.1 Å². The summed E-state index contributed by atoms with van der Waals surface area (Å²) in [6, 6.07) is 11.7. The number of aromatic nitrogens is 2. The van der Waals surface area contributed by atoms with Crippen molar-refractivity contribution in [3.05, 3.63) is 51.6 Å². The quantitative estimate of drug-likeness (QED) is 0.430. The summed E-state index contributed by atoms with van der Waals surface area (Å²) in [5.41, 5.74) is 0.923. The van der Waals surface area contributed by atoms with Crippen molar-refractivity contribution in [2.24, 2.45) is 5.92 Å². The molecular formula is C23H22N4O2S2. The minimum absolute atomic E-state index is 0.0814. The van der Waals surface area contributed by atoms with E-state index < -0.39 is 5.54 Å². The Hall–Kier alpha value is -2.63. The van der Waals surface area contributed by atoms with Crippen LogP contribution >= 0.6 is 23.1 Å². The van der Waals surface area contributed by atoms with E-state index in [1.54, 1.807) is 11.5 Å². The third-order valence-electron chi connectivity index (χ3n) is 5.99. The van der Waals surface area contributed by atoms with Gasteiger partial charge in [0.15, 0.2) is 5.16 Å². The molecule has 6 nitrogen and oxygen atoms in total. The molecule has 2 heterocycles. The molecule has 2 aliphatic carbocycles. The number of carbonyl (C=O) groups is 1. The Morgan fingerprint density at radius 2 is 2.06 bits per heavy atom. The van der Waals surface area contributed by atoms with E-state index in [4.69, 9.17) is 4.98 Å². The molecule has 0 radical (unpaired) electrons. The lowest BCUT2D eigenvalue weighted by molar-refractivity contribution is -0.119. The SMILES string of the molecule is CC(C#N)(NC(=O)CSc1nc2scc(C3CC3)c2c(=O)n1-c1ccccc1)C1CC1. The van der Waals surface area contributed by atoms with E-state index in [1.807, 2.05) is 30.3 Å². The first kappa shape index (κ1) is 20.3. The fourth-order valence-corrected chi connectivity index (χ4v) is 5.80. The normalized spacial score (nSPS) is 17.8. The van der Waals surface area contributed by atoms with Gasteiger partial charge in [0.1, 0.15) is 10.4 Å². The third-order valence-corrected chi connectivity index (χ3v) is 7.82. The second kappa shape index (κ2) is 7.81. The molecule has 5 rings (SSSR count). The van der Waals surface area contributed by atoms with Crippen molar-refractivity contribution < 1.29 is 4.79 Å². The number of nitrogens with one attached hydrogen (secondary N) is 1. The molecule has 0 saturated heterocycles. The number of benzene rings is 1. The molecule has 158 valence electrons. The van der Waals surface area contributed by atoms with Crippen molar-refractivity contribution in [2.75, 3.05) is 5.75 Å². The lowest BCUT2D eigenvalue weighted by Gasteiger charge is -2.22. The molecule has 3 aromatic rings. The van der Waals surface area contributed by atoms with E-state index in [0.717, 1.165) is 41.8 Å². The zero-order valence-electron chi connectivity index (χ0n) is 17.1. The van der Waals surface area contributed by atoms with Crippen LogP contribution in [0, 0.1) is 17.2 Å². The molecule has 1 unspecified atom stereocenters. The zero-order valence-corrected chi connectivity index (χ0v) is 18.8. The third kappa shape index (κ3) is 3.88. The van der Waals surface area contributed by atoms with Crippen molar-refractivity contribution in [3.8, 4) is 11.8 Å². The Bertz CT molecular complexity index is 1250. The highest BCUT2D eigenvalue weighted by molar-refractivity contribution is 7.99. The Kier molecular flexibility index (Phi) is 5.11. The van der Waals surface area contributed by atoms with Crippen LogP contribution < -0.4 is 10.9 Å². The number of fused-ring (bicyclic) bond motifs is 1. The minimum Gasteiger partial charge on any atom is -0.337 e. The zero-order chi connectivity index (χ0) is 21.6. The van der Waals surface area contributed by atoms with Crippen LogP contribution in [0.1, 0.15) is 44.1 Å². The van der Waals surface area contributed by atoms with Crippen LogP contribution in [-0.2, 0) is 4.79 Å². The maximum absolute atomic E-state index is 13.6. The standard InChI is InChI=1S/C23H22N4O2S2/c1-23(13-24,15-9-10-15)26-18(28)12-31-22-25-20-19(17(11-30-20)14-7-8-14)21(29)27(22)16-5-3-2-4-6-16/h2-6,11,14-15H,7-10,12H2,1H3,(H,26,28). The maximum Gasteiger partial charge on any atom is 0.267 e. The smallest absolute Gasteiger partial charge is 0.267 e. The number of carbonyl (C=O) groups excluding carboxylic acids is 1. The summed E-state index contributed by atoms with van der Waals surface area (Å²) in [6.07, 6.45) is 4.16. The summed E-state index contributed by atoms with van der Waals surface area (Å²) < 4.78 is 1.61. The molecule has 31 heavy (non-hydrogen) atoms. The highest BCUT2D eigenvalue weighted by Gasteiger charge is 2.43. The second-order valence-corrected chi connectivity index (χ2v) is 10.2. The van der Waals surface area contributed by atoms with E-state index in [2.05, 4.69) is 16.8 Å². The predicted molar refractivity (Wildman–Crippen MR) is 123 cm³/mol. The molecule has 2 fully saturated rings. The number of nitriles is 1. The van der Waals surface area contributed by atoms with Gasteiger partial charge >= 0.3 is 0 Å². The van der Waals surface area contributed by atoms with Crippen LogP contribution in [0.5, 0.6) is 0 Å². The molecule has 1 amide bonds. The topological polar surface area (TPSA) is 87.8 Å². The van der Waals surface area contributed by atoms with Crippen molar-refractivity contribution in [3.63, 3.8) is 0 Å². The predicted octanol–water partition coefficient (Wildman–Crippen LogP) is 4.23. The number of nitrogens with zero attached hydrogens (tertiary/aromatic N) is 3. The van der Waals surface area contributed by atoms with Gasteiger partial charge in [0.2, 0.25) is 5.91 Å². The van der Waals surface area contributed by atoms with Gasteiger partial charge in [-0.05, 0) is 67.5 Å². The fraction of sp³-hybridized carbons (Fsp3) is 0.391. The van der Waals surface area contributed by atoms with E-state index in [0.29, 0.717) is 16.5 Å². The van der Waals surface area contributed by atoms with Crippen molar-refractivity contribution in [1.82, 2.24) is 14.9 Å². The van der Waals surface area contributed by atoms with Crippen LogP contribution in [-0.4, -0.2) is 26.8 Å². The highest BCUT2D eigenvalue weighted by atomic mass is 32.2. The van der Waals surface area contributed by atoms with Gasteiger partial charge in [-0.1, -0.05) is 30.0 Å². The van der Waals surface area contributed by atoms with Gasteiger partial charge in [0, 0.05) is 0 Å². The molecule has 0 bridgehead atoms. The lowest BCUT2D eigenvalue weighted by Crippen LogP contribution is -2.47. The summed E-state index contributed by atoms with van der Waals surface area (Å²) >= 11 is 2.73. The summed E-state index contributed by atoms with van der Waals surface area (Å²) in [5.74, 6) is 0.549. The fourth-order valence-electron chi connectivity index (χ4n) is 3.93. The lowest BCUT2D eigenvalue weighted by atomic mass is 9.98. The number of para-hydroxylation sites is 1. The molecule has 1 N–H and O–H groups in total. The highest BCUT2D eigenvalue weighted by Crippen LogP contribution is 2.44. The molecule has 8 heteroatoms. The molecular weight excluding hydrogens is 428 g/mol. The first-order valence-corrected chi connectivity index (χ1v) is 12.3. The summed E-state index contributed by atoms with van der Waals surface area (Å²) in [4.78, 5) is 31.7. The van der Waals surface area contributed by atoms with Gasteiger partial charge in [-0.3, -0.25) is 14.2 Å². The number of hydrogen-bond acceptors (Lipinski definition) is 6. The first-order chi connectivity index (χ1) is 15.0.